The summed E-state index contributed by atoms with van der Waals surface area (Å²) in [4.78, 5) is 14.3. The van der Waals surface area contributed by atoms with Crippen LogP contribution in [0.5, 0.6) is 0 Å². The predicted octanol–water partition coefficient (Wildman–Crippen LogP) is 1.00. The van der Waals surface area contributed by atoms with Crippen LogP contribution in [0, 0.1) is 0 Å². The Labute approximate surface area is 80.7 Å². The van der Waals surface area contributed by atoms with Crippen LogP contribution in [0.25, 0.3) is 0 Å². The molecule has 0 bridgehead atoms. The van der Waals surface area contributed by atoms with E-state index in [1.165, 1.54) is 0 Å². The molecule has 0 spiro atoms. The molecule has 0 aromatic carbocycles. The maximum Gasteiger partial charge on any atom is 0.257 e. The fourth-order valence-corrected chi connectivity index (χ4v) is 1.15. The number of nitrogens with one attached hydrogen (secondary N) is 2. The molecule has 72 valence electrons. The number of anilines is 1. The molecule has 0 saturated heterocycles. The summed E-state index contributed by atoms with van der Waals surface area (Å²) in [5.41, 5.74) is 1.30. The highest BCUT2D eigenvalue weighted by atomic mass is 16.1. The van der Waals surface area contributed by atoms with E-state index in [4.69, 9.17) is 0 Å². The SMILES string of the molecule is Cn1cc(NC(=O)c2cc[nH]c2)cn1. The van der Waals surface area contributed by atoms with E-state index in [2.05, 4.69) is 15.4 Å². The molecule has 2 aromatic heterocycles. The van der Waals surface area contributed by atoms with Crippen molar-refractivity contribution in [2.45, 2.75) is 0 Å². The molecule has 0 aliphatic heterocycles. The highest BCUT2D eigenvalue weighted by Gasteiger charge is 2.06. The number of nitrogens with zero attached hydrogens (tertiary/aromatic N) is 2. The predicted molar refractivity (Wildman–Crippen MR) is 52.0 cm³/mol. The van der Waals surface area contributed by atoms with E-state index in [1.807, 2.05) is 0 Å². The molecule has 2 heterocycles. The minimum absolute atomic E-state index is 0.140. The molecular formula is C9H10N4O. The second-order valence-electron chi connectivity index (χ2n) is 2.96. The number of aromatic nitrogens is 3. The Morgan fingerprint density at radius 3 is 3.07 bits per heavy atom. The van der Waals surface area contributed by atoms with Gasteiger partial charge in [-0.3, -0.25) is 9.48 Å². The van der Waals surface area contributed by atoms with Crippen molar-refractivity contribution in [2.75, 3.05) is 5.32 Å². The van der Waals surface area contributed by atoms with E-state index in [1.54, 1.807) is 42.6 Å². The zero-order chi connectivity index (χ0) is 9.97. The van der Waals surface area contributed by atoms with Crippen molar-refractivity contribution in [3.63, 3.8) is 0 Å². The summed E-state index contributed by atoms with van der Waals surface area (Å²) in [6, 6.07) is 1.71. The Morgan fingerprint density at radius 2 is 2.50 bits per heavy atom. The second kappa shape index (κ2) is 3.37. The summed E-state index contributed by atoms with van der Waals surface area (Å²) in [5, 5.41) is 6.67. The van der Waals surface area contributed by atoms with Gasteiger partial charge >= 0.3 is 0 Å². The van der Waals surface area contributed by atoms with Crippen molar-refractivity contribution in [2.24, 2.45) is 7.05 Å². The molecule has 0 aliphatic rings. The van der Waals surface area contributed by atoms with Gasteiger partial charge in [0.05, 0.1) is 17.4 Å². The van der Waals surface area contributed by atoms with Crippen LogP contribution in [0.1, 0.15) is 10.4 Å². The van der Waals surface area contributed by atoms with Gasteiger partial charge in [-0.2, -0.15) is 5.10 Å². The fraction of sp³-hybridized carbons (Fsp3) is 0.111. The van der Waals surface area contributed by atoms with Crippen LogP contribution in [0.3, 0.4) is 0 Å². The highest BCUT2D eigenvalue weighted by molar-refractivity contribution is 6.03. The van der Waals surface area contributed by atoms with Crippen LogP contribution < -0.4 is 5.32 Å². The van der Waals surface area contributed by atoms with E-state index in [0.717, 1.165) is 0 Å². The minimum Gasteiger partial charge on any atom is -0.367 e. The van der Waals surface area contributed by atoms with Crippen molar-refractivity contribution >= 4 is 11.6 Å². The van der Waals surface area contributed by atoms with Crippen LogP contribution in [0.4, 0.5) is 5.69 Å². The van der Waals surface area contributed by atoms with E-state index in [0.29, 0.717) is 11.3 Å². The lowest BCUT2D eigenvalue weighted by atomic mass is 10.3. The molecule has 2 N–H and O–H groups in total. The number of amides is 1. The number of H-pyrrole nitrogens is 1. The second-order valence-corrected chi connectivity index (χ2v) is 2.96. The maximum absolute atomic E-state index is 11.5. The van der Waals surface area contributed by atoms with Gasteiger partial charge in [0.1, 0.15) is 0 Å². The molecule has 2 rings (SSSR count). The van der Waals surface area contributed by atoms with Gasteiger partial charge in [0.2, 0.25) is 0 Å². The van der Waals surface area contributed by atoms with Gasteiger partial charge in [0, 0.05) is 25.6 Å². The summed E-state index contributed by atoms with van der Waals surface area (Å²) >= 11 is 0. The zero-order valence-electron chi connectivity index (χ0n) is 7.69. The number of hydrogen-bond acceptors (Lipinski definition) is 2. The smallest absolute Gasteiger partial charge is 0.257 e. The van der Waals surface area contributed by atoms with Gasteiger partial charge in [0.25, 0.3) is 5.91 Å². The summed E-state index contributed by atoms with van der Waals surface area (Å²) in [6.45, 7) is 0. The normalized spacial score (nSPS) is 10.1. The van der Waals surface area contributed by atoms with E-state index < -0.39 is 0 Å². The van der Waals surface area contributed by atoms with Crippen molar-refractivity contribution in [1.82, 2.24) is 14.8 Å². The summed E-state index contributed by atoms with van der Waals surface area (Å²) in [6.07, 6.45) is 6.69. The number of hydrogen-bond donors (Lipinski definition) is 2. The molecule has 0 fully saturated rings. The lowest BCUT2D eigenvalue weighted by molar-refractivity contribution is 0.102. The zero-order valence-corrected chi connectivity index (χ0v) is 7.69. The highest BCUT2D eigenvalue weighted by Crippen LogP contribution is 2.06. The Bertz CT molecular complexity index is 429. The van der Waals surface area contributed by atoms with Gasteiger partial charge in [-0.1, -0.05) is 0 Å². The minimum atomic E-state index is -0.140. The number of carbonyl (C=O) groups is 1. The third kappa shape index (κ3) is 1.66. The van der Waals surface area contributed by atoms with E-state index in [9.17, 15) is 4.79 Å². The van der Waals surface area contributed by atoms with Crippen LogP contribution in [-0.4, -0.2) is 20.7 Å². The standard InChI is InChI=1S/C9H10N4O/c1-13-6-8(5-11-13)12-9(14)7-2-3-10-4-7/h2-6,10H,1H3,(H,12,14). The monoisotopic (exact) mass is 190 g/mol. The Balaban J connectivity index is 2.09. The first-order valence-electron chi connectivity index (χ1n) is 4.18. The fourth-order valence-electron chi connectivity index (χ4n) is 1.15. The van der Waals surface area contributed by atoms with Crippen molar-refractivity contribution < 1.29 is 4.79 Å². The average molecular weight is 190 g/mol. The van der Waals surface area contributed by atoms with Crippen LogP contribution >= 0.6 is 0 Å². The summed E-state index contributed by atoms with van der Waals surface area (Å²) < 4.78 is 1.63. The van der Waals surface area contributed by atoms with E-state index in [-0.39, 0.29) is 5.91 Å². The largest absolute Gasteiger partial charge is 0.367 e. The van der Waals surface area contributed by atoms with Gasteiger partial charge in [-0.05, 0) is 6.07 Å². The maximum atomic E-state index is 11.5. The lowest BCUT2D eigenvalue weighted by Crippen LogP contribution is -2.10. The number of carbonyl (C=O) groups excluding carboxylic acids is 1. The molecule has 0 saturated carbocycles. The van der Waals surface area contributed by atoms with Gasteiger partial charge in [-0.25, -0.2) is 0 Å². The molecule has 14 heavy (non-hydrogen) atoms. The molecule has 0 aliphatic carbocycles. The number of aromatic amines is 1. The van der Waals surface area contributed by atoms with Gasteiger partial charge in [-0.15, -0.1) is 0 Å². The lowest BCUT2D eigenvalue weighted by Gasteiger charge is -1.98. The summed E-state index contributed by atoms with van der Waals surface area (Å²) in [5.74, 6) is -0.140. The molecule has 0 atom stereocenters. The molecule has 2 aromatic rings. The van der Waals surface area contributed by atoms with Crippen LogP contribution in [-0.2, 0) is 7.05 Å². The third-order valence-electron chi connectivity index (χ3n) is 1.82. The van der Waals surface area contributed by atoms with Crippen molar-refractivity contribution in [1.29, 1.82) is 0 Å². The quantitative estimate of drug-likeness (QED) is 0.742. The first-order chi connectivity index (χ1) is 6.75. The molecule has 1 amide bonds. The van der Waals surface area contributed by atoms with Crippen LogP contribution in [0.2, 0.25) is 0 Å². The molecule has 5 nitrogen and oxygen atoms in total. The third-order valence-corrected chi connectivity index (χ3v) is 1.82. The topological polar surface area (TPSA) is 62.7 Å². The summed E-state index contributed by atoms with van der Waals surface area (Å²) in [7, 11) is 1.80. The van der Waals surface area contributed by atoms with Gasteiger partial charge in [0.15, 0.2) is 0 Å². The molecule has 5 heteroatoms. The number of rotatable bonds is 2. The molecule has 0 radical (unpaired) electrons. The first-order valence-corrected chi connectivity index (χ1v) is 4.18. The van der Waals surface area contributed by atoms with E-state index >= 15 is 0 Å². The molecule has 0 unspecified atom stereocenters. The number of aryl methyl sites for hydroxylation is 1. The molecular weight excluding hydrogens is 180 g/mol. The van der Waals surface area contributed by atoms with Crippen LogP contribution in [0.15, 0.2) is 30.9 Å². The Kier molecular flexibility index (Phi) is 2.06. The van der Waals surface area contributed by atoms with Crippen molar-refractivity contribution in [3.8, 4) is 0 Å². The van der Waals surface area contributed by atoms with Crippen molar-refractivity contribution in [3.05, 3.63) is 36.4 Å². The average Bonchev–Trinajstić information content (AvgIpc) is 2.75. The Hall–Kier alpha value is -2.04. The first kappa shape index (κ1) is 8.55. The Morgan fingerprint density at radius 1 is 1.64 bits per heavy atom. The van der Waals surface area contributed by atoms with Gasteiger partial charge < -0.3 is 10.3 Å².